The first kappa shape index (κ1) is 14.9. The number of carboxylic acid groups (broad SMARTS) is 1. The van der Waals surface area contributed by atoms with Gasteiger partial charge in [0.2, 0.25) is 0 Å². The van der Waals surface area contributed by atoms with Gasteiger partial charge in [-0.15, -0.1) is 0 Å². The smallest absolute Gasteiger partial charge is 0.328 e. The van der Waals surface area contributed by atoms with Crippen LogP contribution in [0.1, 0.15) is 25.0 Å². The molecular weight excluding hydrogens is 248 g/mol. The molecule has 0 heterocycles. The summed E-state index contributed by atoms with van der Waals surface area (Å²) in [7, 11) is 2.96. The molecule has 0 aliphatic heterocycles. The van der Waals surface area contributed by atoms with Crippen LogP contribution in [0.5, 0.6) is 17.2 Å². The minimum Gasteiger partial charge on any atom is -0.507 e. The van der Waals surface area contributed by atoms with Crippen LogP contribution in [-0.2, 0) is 11.2 Å². The maximum Gasteiger partial charge on any atom is 0.328 e. The van der Waals surface area contributed by atoms with Crippen molar-refractivity contribution in [1.82, 2.24) is 0 Å². The quantitative estimate of drug-likeness (QED) is 0.801. The van der Waals surface area contributed by atoms with E-state index in [-0.39, 0.29) is 5.75 Å². The lowest BCUT2D eigenvalue weighted by atomic mass is 9.98. The van der Waals surface area contributed by atoms with Crippen LogP contribution < -0.4 is 9.47 Å². The fourth-order valence-electron chi connectivity index (χ4n) is 1.99. The minimum absolute atomic E-state index is 0.00583. The Morgan fingerprint density at radius 3 is 2.32 bits per heavy atom. The molecule has 0 bridgehead atoms. The van der Waals surface area contributed by atoms with Crippen LogP contribution in [0.2, 0.25) is 0 Å². The van der Waals surface area contributed by atoms with E-state index in [1.165, 1.54) is 14.2 Å². The van der Waals surface area contributed by atoms with Gasteiger partial charge in [-0.2, -0.15) is 0 Å². The second kappa shape index (κ2) is 6.13. The lowest BCUT2D eigenvalue weighted by molar-refractivity contribution is -0.131. The van der Waals surface area contributed by atoms with Crippen molar-refractivity contribution in [2.75, 3.05) is 14.2 Å². The van der Waals surface area contributed by atoms with Crippen molar-refractivity contribution in [2.24, 2.45) is 0 Å². The number of phenolic OH excluding ortho intramolecular Hbond substituents is 1. The molecule has 2 N–H and O–H groups in total. The SMILES string of the molecule is CCc1c(OC)cc(OC)c(C(C)=CC(=O)O)c1O. The van der Waals surface area contributed by atoms with Gasteiger partial charge < -0.3 is 19.7 Å². The Morgan fingerprint density at radius 2 is 1.89 bits per heavy atom. The van der Waals surface area contributed by atoms with Crippen molar-refractivity contribution >= 4 is 11.5 Å². The average molecular weight is 266 g/mol. The summed E-state index contributed by atoms with van der Waals surface area (Å²) in [5, 5.41) is 19.1. The number of carboxylic acids is 1. The van der Waals surface area contributed by atoms with Crippen molar-refractivity contribution in [1.29, 1.82) is 0 Å². The number of allylic oxidation sites excluding steroid dienone is 1. The number of phenols is 1. The molecule has 5 nitrogen and oxygen atoms in total. The third kappa shape index (κ3) is 2.99. The van der Waals surface area contributed by atoms with Crippen molar-refractivity contribution < 1.29 is 24.5 Å². The highest BCUT2D eigenvalue weighted by Crippen LogP contribution is 2.42. The van der Waals surface area contributed by atoms with Gasteiger partial charge in [0, 0.05) is 17.7 Å². The van der Waals surface area contributed by atoms with Crippen LogP contribution >= 0.6 is 0 Å². The van der Waals surface area contributed by atoms with Crippen LogP contribution in [0.25, 0.3) is 5.57 Å². The van der Waals surface area contributed by atoms with Gasteiger partial charge in [-0.05, 0) is 18.9 Å². The van der Waals surface area contributed by atoms with Crippen LogP contribution in [0.3, 0.4) is 0 Å². The molecule has 0 spiro atoms. The molecule has 0 unspecified atom stereocenters. The fourth-order valence-corrected chi connectivity index (χ4v) is 1.99. The Labute approximate surface area is 112 Å². The van der Waals surface area contributed by atoms with Gasteiger partial charge in [-0.1, -0.05) is 6.92 Å². The predicted octanol–water partition coefficient (Wildman–Crippen LogP) is 2.46. The highest BCUT2D eigenvalue weighted by atomic mass is 16.5. The van der Waals surface area contributed by atoms with Crippen molar-refractivity contribution in [3.05, 3.63) is 23.3 Å². The van der Waals surface area contributed by atoms with Gasteiger partial charge in [-0.3, -0.25) is 0 Å². The molecule has 0 amide bonds. The molecule has 1 rings (SSSR count). The van der Waals surface area contributed by atoms with E-state index in [0.29, 0.717) is 34.6 Å². The monoisotopic (exact) mass is 266 g/mol. The Balaban J connectivity index is 3.58. The van der Waals surface area contributed by atoms with E-state index in [0.717, 1.165) is 6.08 Å². The fraction of sp³-hybridized carbons (Fsp3) is 0.357. The molecule has 0 aromatic heterocycles. The number of ether oxygens (including phenoxy) is 2. The molecule has 0 aliphatic carbocycles. The number of rotatable bonds is 5. The number of benzene rings is 1. The molecule has 104 valence electrons. The number of hydrogen-bond donors (Lipinski definition) is 2. The Bertz CT molecular complexity index is 517. The third-order valence-electron chi connectivity index (χ3n) is 2.86. The van der Waals surface area contributed by atoms with E-state index in [1.54, 1.807) is 13.0 Å². The normalized spacial score (nSPS) is 11.3. The Morgan fingerprint density at radius 1 is 1.32 bits per heavy atom. The lowest BCUT2D eigenvalue weighted by Crippen LogP contribution is -1.99. The molecule has 1 aromatic rings. The van der Waals surface area contributed by atoms with Crippen molar-refractivity contribution in [3.8, 4) is 17.2 Å². The van der Waals surface area contributed by atoms with E-state index < -0.39 is 5.97 Å². The summed E-state index contributed by atoms with van der Waals surface area (Å²) in [5.74, 6) is -0.188. The van der Waals surface area contributed by atoms with Gasteiger partial charge in [0.25, 0.3) is 0 Å². The number of methoxy groups -OCH3 is 2. The summed E-state index contributed by atoms with van der Waals surface area (Å²) in [4.78, 5) is 10.7. The van der Waals surface area contributed by atoms with Gasteiger partial charge >= 0.3 is 5.97 Å². The number of hydrogen-bond acceptors (Lipinski definition) is 4. The second-order valence-corrected chi connectivity index (χ2v) is 4.00. The first-order chi connectivity index (χ1) is 8.96. The molecule has 0 radical (unpaired) electrons. The Hall–Kier alpha value is -2.17. The number of carbonyl (C=O) groups is 1. The topological polar surface area (TPSA) is 76.0 Å². The van der Waals surface area contributed by atoms with Crippen molar-refractivity contribution in [2.45, 2.75) is 20.3 Å². The molecule has 1 aromatic carbocycles. The van der Waals surface area contributed by atoms with Crippen LogP contribution in [0.4, 0.5) is 0 Å². The molecule has 0 atom stereocenters. The summed E-state index contributed by atoms with van der Waals surface area (Å²) < 4.78 is 10.4. The number of aromatic hydroxyl groups is 1. The van der Waals surface area contributed by atoms with Crippen LogP contribution in [-0.4, -0.2) is 30.4 Å². The largest absolute Gasteiger partial charge is 0.507 e. The van der Waals surface area contributed by atoms with E-state index in [2.05, 4.69) is 0 Å². The van der Waals surface area contributed by atoms with Gasteiger partial charge in [0.15, 0.2) is 0 Å². The molecule has 0 saturated carbocycles. The van der Waals surface area contributed by atoms with Gasteiger partial charge in [0.05, 0.1) is 19.8 Å². The van der Waals surface area contributed by atoms with E-state index in [4.69, 9.17) is 14.6 Å². The summed E-state index contributed by atoms with van der Waals surface area (Å²) in [6.45, 7) is 3.49. The highest BCUT2D eigenvalue weighted by molar-refractivity contribution is 5.92. The third-order valence-corrected chi connectivity index (χ3v) is 2.86. The van der Waals surface area contributed by atoms with Gasteiger partial charge in [-0.25, -0.2) is 4.79 Å². The minimum atomic E-state index is -1.08. The molecule has 0 saturated heterocycles. The predicted molar refractivity (Wildman–Crippen MR) is 71.9 cm³/mol. The number of aliphatic carboxylic acids is 1. The second-order valence-electron chi connectivity index (χ2n) is 4.00. The van der Waals surface area contributed by atoms with Crippen LogP contribution in [0.15, 0.2) is 12.1 Å². The van der Waals surface area contributed by atoms with Crippen molar-refractivity contribution in [3.63, 3.8) is 0 Å². The zero-order chi connectivity index (χ0) is 14.6. The first-order valence-corrected chi connectivity index (χ1v) is 5.84. The maximum atomic E-state index is 10.7. The highest BCUT2D eigenvalue weighted by Gasteiger charge is 2.19. The average Bonchev–Trinajstić information content (AvgIpc) is 2.36. The van der Waals surface area contributed by atoms with Crippen LogP contribution in [0, 0.1) is 0 Å². The summed E-state index contributed by atoms with van der Waals surface area (Å²) in [6, 6.07) is 1.65. The zero-order valence-electron chi connectivity index (χ0n) is 11.5. The summed E-state index contributed by atoms with van der Waals surface area (Å²) in [6.07, 6.45) is 1.59. The standard InChI is InChI=1S/C14H18O5/c1-5-9-10(18-3)7-11(19-4)13(14(9)17)8(2)6-12(15)16/h6-7,17H,5H2,1-4H3,(H,15,16). The molecular formula is C14H18O5. The lowest BCUT2D eigenvalue weighted by Gasteiger charge is -2.17. The maximum absolute atomic E-state index is 10.7. The molecule has 19 heavy (non-hydrogen) atoms. The van der Waals surface area contributed by atoms with E-state index >= 15 is 0 Å². The molecule has 0 fully saturated rings. The first-order valence-electron chi connectivity index (χ1n) is 5.84. The Kier molecular flexibility index (Phi) is 4.80. The molecule has 0 aliphatic rings. The van der Waals surface area contributed by atoms with Gasteiger partial charge in [0.1, 0.15) is 17.2 Å². The summed E-state index contributed by atoms with van der Waals surface area (Å²) >= 11 is 0. The van der Waals surface area contributed by atoms with E-state index in [9.17, 15) is 9.90 Å². The van der Waals surface area contributed by atoms with E-state index in [1.807, 2.05) is 6.92 Å². The molecule has 5 heteroatoms. The zero-order valence-corrected chi connectivity index (χ0v) is 11.5. The summed E-state index contributed by atoms with van der Waals surface area (Å²) in [5.41, 5.74) is 1.41.